The van der Waals surface area contributed by atoms with E-state index in [9.17, 15) is 4.79 Å². The molecule has 3 heterocycles. The molecule has 136 valence electrons. The Kier molecular flexibility index (Phi) is 4.74. The first-order valence-corrected chi connectivity index (χ1v) is 9.84. The van der Waals surface area contributed by atoms with E-state index in [2.05, 4.69) is 32.9 Å². The lowest BCUT2D eigenvalue weighted by Gasteiger charge is -2.31. The molecular formula is C19H23N5OS. The third-order valence-corrected chi connectivity index (χ3v) is 5.85. The quantitative estimate of drug-likeness (QED) is 0.767. The molecular weight excluding hydrogens is 346 g/mol. The van der Waals surface area contributed by atoms with Gasteiger partial charge in [0.1, 0.15) is 5.82 Å². The number of hydrogen-bond donors (Lipinski definition) is 1. The predicted octanol–water partition coefficient (Wildman–Crippen LogP) is 3.19. The maximum Gasteiger partial charge on any atom is 0.230 e. The zero-order valence-electron chi connectivity index (χ0n) is 15.1. The fourth-order valence-electron chi connectivity index (χ4n) is 3.57. The molecule has 0 bridgehead atoms. The molecule has 1 aliphatic heterocycles. The van der Waals surface area contributed by atoms with E-state index in [1.807, 2.05) is 30.5 Å². The molecule has 7 heteroatoms. The van der Waals surface area contributed by atoms with Crippen LogP contribution in [0.2, 0.25) is 0 Å². The number of imidazole rings is 1. The number of carbonyl (C=O) groups is 1. The van der Waals surface area contributed by atoms with Crippen molar-refractivity contribution < 1.29 is 4.79 Å². The molecule has 2 aromatic heterocycles. The number of nitrogens with zero attached hydrogens (tertiary/aromatic N) is 4. The van der Waals surface area contributed by atoms with E-state index in [-0.39, 0.29) is 11.8 Å². The van der Waals surface area contributed by atoms with Gasteiger partial charge in [0, 0.05) is 19.0 Å². The van der Waals surface area contributed by atoms with Crippen molar-refractivity contribution in [3.05, 3.63) is 41.2 Å². The molecule has 0 spiro atoms. The normalized spacial score (nSPS) is 18.3. The van der Waals surface area contributed by atoms with Gasteiger partial charge in [-0.3, -0.25) is 9.69 Å². The molecule has 1 amide bonds. The lowest BCUT2D eigenvalue weighted by molar-refractivity contribution is -0.121. The second-order valence-corrected chi connectivity index (χ2v) is 7.79. The fourth-order valence-corrected chi connectivity index (χ4v) is 4.26. The Morgan fingerprint density at radius 3 is 2.96 bits per heavy atom. The molecule has 26 heavy (non-hydrogen) atoms. The Morgan fingerprint density at radius 2 is 2.19 bits per heavy atom. The van der Waals surface area contributed by atoms with Gasteiger partial charge in [-0.15, -0.1) is 11.3 Å². The molecule has 0 aliphatic carbocycles. The van der Waals surface area contributed by atoms with Crippen LogP contribution in [0.1, 0.15) is 24.4 Å². The van der Waals surface area contributed by atoms with Crippen LogP contribution in [0.3, 0.4) is 0 Å². The molecule has 1 fully saturated rings. The van der Waals surface area contributed by atoms with Crippen molar-refractivity contribution in [3.63, 3.8) is 0 Å². The van der Waals surface area contributed by atoms with Crippen LogP contribution in [0.5, 0.6) is 0 Å². The number of aromatic nitrogens is 3. The topological polar surface area (TPSA) is 63.1 Å². The molecule has 1 aromatic carbocycles. The third-order valence-electron chi connectivity index (χ3n) is 4.97. The number of thiazole rings is 1. The second-order valence-electron chi connectivity index (χ2n) is 6.93. The first-order valence-electron chi connectivity index (χ1n) is 8.96. The van der Waals surface area contributed by atoms with Crippen molar-refractivity contribution in [2.75, 3.05) is 18.4 Å². The highest BCUT2D eigenvalue weighted by molar-refractivity contribution is 7.13. The molecule has 6 nitrogen and oxygen atoms in total. The molecule has 1 aliphatic rings. The Bertz CT molecular complexity index is 931. The number of nitrogens with one attached hydrogen (secondary N) is 1. The van der Waals surface area contributed by atoms with Crippen LogP contribution in [0, 0.1) is 12.8 Å². The van der Waals surface area contributed by atoms with Gasteiger partial charge in [-0.25, -0.2) is 9.97 Å². The summed E-state index contributed by atoms with van der Waals surface area (Å²) >= 11 is 1.48. The number of anilines is 1. The average Bonchev–Trinajstić information content (AvgIpc) is 3.19. The Hall–Kier alpha value is -2.25. The minimum Gasteiger partial charge on any atom is -0.330 e. The number of rotatable bonds is 4. The number of para-hydroxylation sites is 2. The summed E-state index contributed by atoms with van der Waals surface area (Å²) in [6.45, 7) is 4.47. The highest BCUT2D eigenvalue weighted by Gasteiger charge is 2.27. The van der Waals surface area contributed by atoms with Crippen LogP contribution in [0.4, 0.5) is 5.13 Å². The lowest BCUT2D eigenvalue weighted by Crippen LogP contribution is -2.40. The van der Waals surface area contributed by atoms with E-state index in [0.717, 1.165) is 55.0 Å². The fraction of sp³-hybridized carbons (Fsp3) is 0.421. The Morgan fingerprint density at radius 1 is 1.35 bits per heavy atom. The summed E-state index contributed by atoms with van der Waals surface area (Å²) in [7, 11) is 2.06. The van der Waals surface area contributed by atoms with Crippen LogP contribution >= 0.6 is 11.3 Å². The molecule has 1 saturated heterocycles. The molecule has 0 radical (unpaired) electrons. The van der Waals surface area contributed by atoms with Crippen molar-refractivity contribution in [1.29, 1.82) is 0 Å². The summed E-state index contributed by atoms with van der Waals surface area (Å²) in [6.07, 6.45) is 1.95. The van der Waals surface area contributed by atoms with E-state index in [4.69, 9.17) is 4.98 Å². The molecule has 0 saturated carbocycles. The van der Waals surface area contributed by atoms with Crippen molar-refractivity contribution >= 4 is 33.4 Å². The number of hydrogen-bond acceptors (Lipinski definition) is 5. The first-order chi connectivity index (χ1) is 12.6. The van der Waals surface area contributed by atoms with Crippen LogP contribution in [-0.2, 0) is 18.4 Å². The number of piperidine rings is 1. The highest BCUT2D eigenvalue weighted by Crippen LogP contribution is 2.23. The first kappa shape index (κ1) is 17.2. The number of amides is 1. The van der Waals surface area contributed by atoms with Gasteiger partial charge in [-0.2, -0.15) is 0 Å². The second kappa shape index (κ2) is 7.17. The smallest absolute Gasteiger partial charge is 0.230 e. The molecule has 3 aromatic rings. The van der Waals surface area contributed by atoms with E-state index in [1.165, 1.54) is 11.3 Å². The van der Waals surface area contributed by atoms with Crippen molar-refractivity contribution in [3.8, 4) is 0 Å². The van der Waals surface area contributed by atoms with Gasteiger partial charge in [-0.05, 0) is 38.4 Å². The van der Waals surface area contributed by atoms with E-state index >= 15 is 0 Å². The summed E-state index contributed by atoms with van der Waals surface area (Å²) in [5.74, 6) is 1.12. The zero-order chi connectivity index (χ0) is 18.1. The summed E-state index contributed by atoms with van der Waals surface area (Å²) in [4.78, 5) is 24.0. The number of fused-ring (bicyclic) bond motifs is 1. The average molecular weight is 369 g/mol. The number of aryl methyl sites for hydroxylation is 2. The van der Waals surface area contributed by atoms with Crippen LogP contribution in [-0.4, -0.2) is 38.4 Å². The van der Waals surface area contributed by atoms with Gasteiger partial charge < -0.3 is 9.88 Å². The Labute approximate surface area is 156 Å². The van der Waals surface area contributed by atoms with Gasteiger partial charge in [-0.1, -0.05) is 12.1 Å². The highest BCUT2D eigenvalue weighted by atomic mass is 32.1. The number of likely N-dealkylation sites (tertiary alicyclic amines) is 1. The third kappa shape index (κ3) is 3.50. The van der Waals surface area contributed by atoms with E-state index in [0.29, 0.717) is 5.13 Å². The minimum atomic E-state index is 0.00244. The zero-order valence-corrected chi connectivity index (χ0v) is 15.9. The van der Waals surface area contributed by atoms with Gasteiger partial charge in [0.15, 0.2) is 5.13 Å². The van der Waals surface area contributed by atoms with Gasteiger partial charge in [0.2, 0.25) is 5.91 Å². The SMILES string of the molecule is Cc1csc(NC(=O)[C@@H]2CCCN(Cc3nc4ccccc4n3C)C2)n1. The molecule has 1 atom stereocenters. The monoisotopic (exact) mass is 369 g/mol. The summed E-state index contributed by atoms with van der Waals surface area (Å²) in [5, 5.41) is 5.62. The summed E-state index contributed by atoms with van der Waals surface area (Å²) < 4.78 is 2.15. The minimum absolute atomic E-state index is 0.00244. The van der Waals surface area contributed by atoms with Crippen LogP contribution in [0.25, 0.3) is 11.0 Å². The van der Waals surface area contributed by atoms with Crippen molar-refractivity contribution in [2.45, 2.75) is 26.3 Å². The van der Waals surface area contributed by atoms with E-state index in [1.54, 1.807) is 0 Å². The number of carbonyl (C=O) groups excluding carboxylic acids is 1. The summed E-state index contributed by atoms with van der Waals surface area (Å²) in [6, 6.07) is 8.19. The molecule has 1 N–H and O–H groups in total. The van der Waals surface area contributed by atoms with Gasteiger partial charge in [0.05, 0.1) is 29.2 Å². The van der Waals surface area contributed by atoms with Gasteiger partial charge in [0.25, 0.3) is 0 Å². The van der Waals surface area contributed by atoms with Crippen molar-refractivity contribution in [1.82, 2.24) is 19.4 Å². The van der Waals surface area contributed by atoms with E-state index < -0.39 is 0 Å². The number of benzene rings is 1. The van der Waals surface area contributed by atoms with Crippen LogP contribution < -0.4 is 5.32 Å². The Balaban J connectivity index is 1.43. The van der Waals surface area contributed by atoms with Crippen LogP contribution in [0.15, 0.2) is 29.6 Å². The summed E-state index contributed by atoms with van der Waals surface area (Å²) in [5.41, 5.74) is 3.11. The lowest BCUT2D eigenvalue weighted by atomic mass is 9.97. The maximum atomic E-state index is 12.6. The van der Waals surface area contributed by atoms with Crippen molar-refractivity contribution in [2.24, 2.45) is 13.0 Å². The largest absolute Gasteiger partial charge is 0.330 e. The van der Waals surface area contributed by atoms with Gasteiger partial charge >= 0.3 is 0 Å². The molecule has 0 unspecified atom stereocenters. The molecule has 4 rings (SSSR count). The predicted molar refractivity (Wildman–Crippen MR) is 104 cm³/mol. The maximum absolute atomic E-state index is 12.6. The standard InChI is InChI=1S/C19H23N5OS/c1-13-12-26-19(20-13)22-18(25)14-6-5-9-24(10-14)11-17-21-15-7-3-4-8-16(15)23(17)2/h3-4,7-8,12,14H,5-6,9-11H2,1-2H3,(H,20,22,25)/t14-/m1/s1.